The first-order chi connectivity index (χ1) is 13.7. The van der Waals surface area contributed by atoms with E-state index in [4.69, 9.17) is 0 Å². The van der Waals surface area contributed by atoms with Crippen LogP contribution in [0.3, 0.4) is 0 Å². The molecule has 0 saturated heterocycles. The lowest BCUT2D eigenvalue weighted by molar-refractivity contribution is -0.116. The Morgan fingerprint density at radius 2 is 1.96 bits per heavy atom. The van der Waals surface area contributed by atoms with E-state index in [1.54, 1.807) is 18.2 Å². The monoisotopic (exact) mass is 393 g/mol. The molecule has 2 heterocycles. The van der Waals surface area contributed by atoms with E-state index in [2.05, 4.69) is 17.2 Å². The van der Waals surface area contributed by atoms with E-state index in [1.807, 2.05) is 40.2 Å². The molecule has 0 aliphatic heterocycles. The third-order valence-electron chi connectivity index (χ3n) is 4.71. The molecular weight excluding hydrogens is 373 g/mol. The van der Waals surface area contributed by atoms with Gasteiger partial charge in [0.15, 0.2) is 4.96 Å². The van der Waals surface area contributed by atoms with Crippen LogP contribution in [0.25, 0.3) is 16.2 Å². The van der Waals surface area contributed by atoms with E-state index in [9.17, 15) is 9.18 Å². The Morgan fingerprint density at radius 3 is 2.79 bits per heavy atom. The molecule has 2 aromatic heterocycles. The molecule has 4 aromatic rings. The molecule has 0 fully saturated rings. The number of nitrogens with zero attached hydrogens (tertiary/aromatic N) is 2. The van der Waals surface area contributed by atoms with Crippen molar-refractivity contribution < 1.29 is 9.18 Å². The fraction of sp³-hybridized carbons (Fsp3) is 0.182. The van der Waals surface area contributed by atoms with Crippen molar-refractivity contribution in [2.24, 2.45) is 0 Å². The molecule has 0 saturated carbocycles. The molecule has 0 bridgehead atoms. The molecule has 28 heavy (non-hydrogen) atoms. The second kappa shape index (κ2) is 7.94. The van der Waals surface area contributed by atoms with E-state index < -0.39 is 0 Å². The number of carbonyl (C=O) groups excluding carboxylic acids is 1. The Labute approximate surface area is 166 Å². The van der Waals surface area contributed by atoms with Crippen LogP contribution in [0.15, 0.2) is 60.1 Å². The molecule has 0 radical (unpaired) electrons. The lowest BCUT2D eigenvalue weighted by Crippen LogP contribution is -2.14. The predicted molar refractivity (Wildman–Crippen MR) is 111 cm³/mol. The molecule has 1 N–H and O–H groups in total. The largest absolute Gasteiger partial charge is 0.326 e. The maximum atomic E-state index is 14.0. The smallest absolute Gasteiger partial charge is 0.224 e. The van der Waals surface area contributed by atoms with Crippen molar-refractivity contribution in [2.45, 2.75) is 26.2 Å². The van der Waals surface area contributed by atoms with E-state index in [0.717, 1.165) is 28.3 Å². The summed E-state index contributed by atoms with van der Waals surface area (Å²) in [4.78, 5) is 17.7. The predicted octanol–water partition coefficient (Wildman–Crippen LogP) is 5.34. The second-order valence-corrected chi connectivity index (χ2v) is 7.38. The zero-order valence-corrected chi connectivity index (χ0v) is 16.3. The number of nitrogens with one attached hydrogen (secondary N) is 1. The number of rotatable bonds is 6. The van der Waals surface area contributed by atoms with Gasteiger partial charge in [-0.05, 0) is 36.6 Å². The number of amides is 1. The van der Waals surface area contributed by atoms with Gasteiger partial charge in [0.2, 0.25) is 5.91 Å². The van der Waals surface area contributed by atoms with Crippen molar-refractivity contribution in [3.05, 3.63) is 77.2 Å². The molecule has 0 unspecified atom stereocenters. The molecule has 2 aromatic carbocycles. The van der Waals surface area contributed by atoms with Crippen LogP contribution in [0.2, 0.25) is 0 Å². The summed E-state index contributed by atoms with van der Waals surface area (Å²) in [6.45, 7) is 2.07. The van der Waals surface area contributed by atoms with Gasteiger partial charge in [-0.3, -0.25) is 9.20 Å². The number of hydrogen-bond acceptors (Lipinski definition) is 3. The van der Waals surface area contributed by atoms with Gasteiger partial charge in [0.1, 0.15) is 5.82 Å². The lowest BCUT2D eigenvalue weighted by Gasteiger charge is -2.09. The number of hydrogen-bond donors (Lipinski definition) is 1. The Kier molecular flexibility index (Phi) is 5.21. The van der Waals surface area contributed by atoms with E-state index >= 15 is 0 Å². The van der Waals surface area contributed by atoms with E-state index in [-0.39, 0.29) is 11.7 Å². The number of thiazole rings is 1. The molecule has 142 valence electrons. The van der Waals surface area contributed by atoms with Crippen LogP contribution in [0.5, 0.6) is 0 Å². The topological polar surface area (TPSA) is 46.4 Å². The molecule has 4 nitrogen and oxygen atoms in total. The van der Waals surface area contributed by atoms with Gasteiger partial charge in [0.25, 0.3) is 0 Å². The van der Waals surface area contributed by atoms with Crippen LogP contribution in [0.1, 0.15) is 24.6 Å². The fourth-order valence-electron chi connectivity index (χ4n) is 3.21. The minimum atomic E-state index is -0.288. The van der Waals surface area contributed by atoms with Gasteiger partial charge in [0, 0.05) is 34.9 Å². The van der Waals surface area contributed by atoms with Gasteiger partial charge >= 0.3 is 0 Å². The molecule has 6 heteroatoms. The van der Waals surface area contributed by atoms with Crippen LogP contribution in [-0.4, -0.2) is 15.3 Å². The molecule has 1 amide bonds. The van der Waals surface area contributed by atoms with Crippen molar-refractivity contribution in [1.82, 2.24) is 9.38 Å². The summed E-state index contributed by atoms with van der Waals surface area (Å²) in [7, 11) is 0. The van der Waals surface area contributed by atoms with Crippen molar-refractivity contribution >= 4 is 27.9 Å². The van der Waals surface area contributed by atoms with Gasteiger partial charge in [-0.25, -0.2) is 9.37 Å². The summed E-state index contributed by atoms with van der Waals surface area (Å²) in [6, 6.07) is 14.5. The average molecular weight is 393 g/mol. The van der Waals surface area contributed by atoms with Crippen LogP contribution < -0.4 is 5.32 Å². The number of halogens is 1. The summed E-state index contributed by atoms with van der Waals surface area (Å²) in [5.41, 5.74) is 4.08. The zero-order valence-electron chi connectivity index (χ0n) is 15.5. The standard InChI is InChI=1S/C22H20FN3OS/c1-2-15-7-3-6-10-19(15)24-21(27)12-11-16-14-28-22-25-20(13-26(16)22)17-8-4-5-9-18(17)23/h3-10,13-14H,2,11-12H2,1H3,(H,24,27). The summed E-state index contributed by atoms with van der Waals surface area (Å²) >= 11 is 1.49. The van der Waals surface area contributed by atoms with Crippen molar-refractivity contribution in [2.75, 3.05) is 5.32 Å². The summed E-state index contributed by atoms with van der Waals surface area (Å²) < 4.78 is 16.0. The van der Waals surface area contributed by atoms with Crippen LogP contribution in [0, 0.1) is 5.82 Å². The highest BCUT2D eigenvalue weighted by atomic mass is 32.1. The number of imidazole rings is 1. The van der Waals surface area contributed by atoms with Crippen LogP contribution >= 0.6 is 11.3 Å². The first-order valence-electron chi connectivity index (χ1n) is 9.24. The SMILES string of the molecule is CCc1ccccc1NC(=O)CCc1csc2nc(-c3ccccc3F)cn12. The molecule has 4 rings (SSSR count). The Morgan fingerprint density at radius 1 is 1.18 bits per heavy atom. The fourth-order valence-corrected chi connectivity index (χ4v) is 4.12. The van der Waals surface area contributed by atoms with Crippen LogP contribution in [-0.2, 0) is 17.6 Å². The van der Waals surface area contributed by atoms with E-state index in [0.29, 0.717) is 24.1 Å². The average Bonchev–Trinajstić information content (AvgIpc) is 3.28. The highest BCUT2D eigenvalue weighted by Crippen LogP contribution is 2.26. The van der Waals surface area contributed by atoms with E-state index in [1.165, 1.54) is 17.4 Å². The molecular formula is C22H20FN3OS. The zero-order chi connectivity index (χ0) is 19.5. The third-order valence-corrected chi connectivity index (χ3v) is 5.60. The number of fused-ring (bicyclic) bond motifs is 1. The number of carbonyl (C=O) groups is 1. The number of benzene rings is 2. The first-order valence-corrected chi connectivity index (χ1v) is 10.1. The highest BCUT2D eigenvalue weighted by Gasteiger charge is 2.13. The minimum absolute atomic E-state index is 0.0188. The quantitative estimate of drug-likeness (QED) is 0.481. The molecule has 0 aliphatic carbocycles. The maximum Gasteiger partial charge on any atom is 0.224 e. The molecule has 0 atom stereocenters. The van der Waals surface area contributed by atoms with Crippen molar-refractivity contribution in [1.29, 1.82) is 0 Å². The van der Waals surface area contributed by atoms with Crippen molar-refractivity contribution in [3.8, 4) is 11.3 Å². The Bertz CT molecular complexity index is 1130. The number of aromatic nitrogens is 2. The summed E-state index contributed by atoms with van der Waals surface area (Å²) in [5.74, 6) is -0.307. The highest BCUT2D eigenvalue weighted by molar-refractivity contribution is 7.15. The summed E-state index contributed by atoms with van der Waals surface area (Å²) in [6.07, 6.45) is 3.67. The van der Waals surface area contributed by atoms with Gasteiger partial charge in [-0.2, -0.15) is 0 Å². The minimum Gasteiger partial charge on any atom is -0.326 e. The van der Waals surface area contributed by atoms with Gasteiger partial charge < -0.3 is 5.32 Å². The Balaban J connectivity index is 1.48. The van der Waals surface area contributed by atoms with Gasteiger partial charge in [-0.1, -0.05) is 37.3 Å². The summed E-state index contributed by atoms with van der Waals surface area (Å²) in [5, 5.41) is 5.00. The molecule has 0 spiro atoms. The first kappa shape index (κ1) is 18.4. The lowest BCUT2D eigenvalue weighted by atomic mass is 10.1. The maximum absolute atomic E-state index is 14.0. The normalized spacial score (nSPS) is 11.1. The number of aryl methyl sites for hydroxylation is 2. The van der Waals surface area contributed by atoms with Crippen LogP contribution in [0.4, 0.5) is 10.1 Å². The van der Waals surface area contributed by atoms with Gasteiger partial charge in [0.05, 0.1) is 5.69 Å². The molecule has 0 aliphatic rings. The second-order valence-electron chi connectivity index (χ2n) is 6.54. The van der Waals surface area contributed by atoms with Gasteiger partial charge in [-0.15, -0.1) is 11.3 Å². The van der Waals surface area contributed by atoms with Crippen molar-refractivity contribution in [3.63, 3.8) is 0 Å². The Hall–Kier alpha value is -2.99. The third kappa shape index (κ3) is 3.68. The number of para-hydroxylation sites is 1. The number of anilines is 1.